The fourth-order valence-electron chi connectivity index (χ4n) is 5.01. The topological polar surface area (TPSA) is 286 Å². The molecule has 3 aliphatic rings. The van der Waals surface area contributed by atoms with Crippen LogP contribution in [0.5, 0.6) is 0 Å². The van der Waals surface area contributed by atoms with Crippen molar-refractivity contribution in [3.05, 3.63) is 22.4 Å². The predicted octanol–water partition coefficient (Wildman–Crippen LogP) is -6.09. The maximum atomic E-state index is 11.0. The first-order chi connectivity index (χ1) is 18.5. The van der Waals surface area contributed by atoms with Crippen molar-refractivity contribution >= 4 is 11.3 Å². The van der Waals surface area contributed by atoms with Crippen molar-refractivity contribution in [2.45, 2.75) is 91.4 Å². The van der Waals surface area contributed by atoms with Crippen LogP contribution in [0.4, 0.5) is 0 Å². The molecule has 2 unspecified atom stereocenters. The Morgan fingerprint density at radius 1 is 0.795 bits per heavy atom. The van der Waals surface area contributed by atoms with Gasteiger partial charge in [0.15, 0.2) is 24.5 Å². The van der Waals surface area contributed by atoms with Crippen LogP contribution in [0.25, 0.3) is 0 Å². The third-order valence-corrected chi connectivity index (χ3v) is 8.44. The van der Waals surface area contributed by atoms with E-state index in [2.05, 4.69) is 0 Å². The van der Waals surface area contributed by atoms with Crippen molar-refractivity contribution in [1.82, 2.24) is 0 Å². The molecule has 0 saturated carbocycles. The molecule has 4 rings (SSSR count). The van der Waals surface area contributed by atoms with Gasteiger partial charge in [0.25, 0.3) is 0 Å². The number of hydrogen-bond acceptors (Lipinski definition) is 17. The van der Waals surface area contributed by atoms with E-state index in [1.165, 1.54) is 0 Å². The molecule has 14 N–H and O–H groups in total. The molecule has 15 atom stereocenters. The highest BCUT2D eigenvalue weighted by Gasteiger charge is 2.57. The van der Waals surface area contributed by atoms with Gasteiger partial charge in [0, 0.05) is 4.88 Å². The van der Waals surface area contributed by atoms with Gasteiger partial charge in [0.1, 0.15) is 48.8 Å². The van der Waals surface area contributed by atoms with Crippen LogP contribution >= 0.6 is 11.3 Å². The standard InChI is InChI=1S/C22H37N3O13S/c23-10-13(29)16(7(4-26)34-19(10)33)36-20-11(24)14(30)17(8(5-27)35-20)37-21-12(25)15(31)18(32)22(6-28,38-21)9-2-1-3-39-9/h1-3,7-8,10-21,26-33H,4-6,23-25H2/t7-,8-,10-,11-,12-,13-,14-,15-,16?,17?,18+,19-,20+,21+,22+/m1/s1. The van der Waals surface area contributed by atoms with Gasteiger partial charge in [0.2, 0.25) is 0 Å². The number of hydrogen-bond donors (Lipinski definition) is 11. The highest BCUT2D eigenvalue weighted by Crippen LogP contribution is 2.41. The summed E-state index contributed by atoms with van der Waals surface area (Å²) in [6, 6.07) is -0.736. The summed E-state index contributed by atoms with van der Waals surface area (Å²) in [6.45, 7) is -2.12. The molecule has 39 heavy (non-hydrogen) atoms. The van der Waals surface area contributed by atoms with Crippen molar-refractivity contribution < 1.29 is 64.5 Å². The fraction of sp³-hybridized carbons (Fsp3) is 0.818. The summed E-state index contributed by atoms with van der Waals surface area (Å²) >= 11 is 1.16. The van der Waals surface area contributed by atoms with Crippen molar-refractivity contribution in [3.8, 4) is 0 Å². The van der Waals surface area contributed by atoms with Crippen molar-refractivity contribution in [3.63, 3.8) is 0 Å². The van der Waals surface area contributed by atoms with Gasteiger partial charge in [0.05, 0.1) is 37.9 Å². The molecule has 0 spiro atoms. The van der Waals surface area contributed by atoms with E-state index in [0.717, 1.165) is 11.3 Å². The smallest absolute Gasteiger partial charge is 0.177 e. The Labute approximate surface area is 227 Å². The normalized spacial score (nSPS) is 49.2. The van der Waals surface area contributed by atoms with Crippen molar-refractivity contribution in [2.24, 2.45) is 17.2 Å². The summed E-state index contributed by atoms with van der Waals surface area (Å²) in [5.41, 5.74) is 16.2. The number of aliphatic hydroxyl groups excluding tert-OH is 8. The molecule has 0 radical (unpaired) electrons. The van der Waals surface area contributed by atoms with Crippen LogP contribution in [0.3, 0.4) is 0 Å². The Hall–Kier alpha value is -0.940. The van der Waals surface area contributed by atoms with Crippen molar-refractivity contribution in [1.29, 1.82) is 0 Å². The zero-order valence-electron chi connectivity index (χ0n) is 20.7. The van der Waals surface area contributed by atoms with Crippen LogP contribution in [0.15, 0.2) is 17.5 Å². The van der Waals surface area contributed by atoms with Gasteiger partial charge in [-0.25, -0.2) is 0 Å². The summed E-state index contributed by atoms with van der Waals surface area (Å²) in [5.74, 6) is 0. The fourth-order valence-corrected chi connectivity index (χ4v) is 5.90. The average Bonchev–Trinajstić information content (AvgIpc) is 3.48. The van der Waals surface area contributed by atoms with E-state index in [-0.39, 0.29) is 0 Å². The van der Waals surface area contributed by atoms with Crippen LogP contribution < -0.4 is 17.2 Å². The zero-order valence-corrected chi connectivity index (χ0v) is 21.5. The molecule has 0 aromatic carbocycles. The molecule has 224 valence electrons. The Bertz CT molecular complexity index is 916. The van der Waals surface area contributed by atoms with Gasteiger partial charge < -0.3 is 81.7 Å². The molecule has 0 amide bonds. The van der Waals surface area contributed by atoms with E-state index in [1.54, 1.807) is 17.5 Å². The number of ether oxygens (including phenoxy) is 5. The Morgan fingerprint density at radius 3 is 1.92 bits per heavy atom. The maximum absolute atomic E-state index is 11.0. The predicted molar refractivity (Wildman–Crippen MR) is 129 cm³/mol. The van der Waals surface area contributed by atoms with E-state index in [0.29, 0.717) is 4.88 Å². The maximum Gasteiger partial charge on any atom is 0.177 e. The van der Waals surface area contributed by atoms with E-state index in [1.807, 2.05) is 0 Å². The summed E-state index contributed by atoms with van der Waals surface area (Å²) in [6.07, 6.45) is -16.1. The number of aliphatic hydroxyl groups is 8. The van der Waals surface area contributed by atoms with Crippen LogP contribution in [0.2, 0.25) is 0 Å². The first-order valence-corrected chi connectivity index (χ1v) is 13.2. The number of thiophene rings is 1. The molecular weight excluding hydrogens is 546 g/mol. The molecule has 1 aromatic rings. The molecule has 0 aliphatic carbocycles. The summed E-state index contributed by atoms with van der Waals surface area (Å²) in [5, 5.41) is 84.3. The Kier molecular flexibility index (Phi) is 9.95. The summed E-state index contributed by atoms with van der Waals surface area (Å²) in [4.78, 5) is 0.386. The highest BCUT2D eigenvalue weighted by molar-refractivity contribution is 7.10. The van der Waals surface area contributed by atoms with Gasteiger partial charge >= 0.3 is 0 Å². The minimum absolute atomic E-state index is 0.386. The van der Waals surface area contributed by atoms with Gasteiger partial charge in [-0.1, -0.05) is 6.07 Å². The van der Waals surface area contributed by atoms with Crippen LogP contribution in [0, 0.1) is 0 Å². The van der Waals surface area contributed by atoms with E-state index < -0.39 is 111 Å². The second kappa shape index (κ2) is 12.5. The van der Waals surface area contributed by atoms with Crippen molar-refractivity contribution in [2.75, 3.05) is 19.8 Å². The molecule has 1 aromatic heterocycles. The lowest BCUT2D eigenvalue weighted by Crippen LogP contribution is -2.70. The van der Waals surface area contributed by atoms with Gasteiger partial charge in [-0.3, -0.25) is 0 Å². The van der Waals surface area contributed by atoms with Gasteiger partial charge in [-0.15, -0.1) is 11.3 Å². The molecule has 17 heteroatoms. The summed E-state index contributed by atoms with van der Waals surface area (Å²) < 4.78 is 28.4. The minimum Gasteiger partial charge on any atom is -0.394 e. The number of nitrogens with two attached hydrogens (primary N) is 3. The number of rotatable bonds is 8. The van der Waals surface area contributed by atoms with E-state index >= 15 is 0 Å². The van der Waals surface area contributed by atoms with E-state index in [4.69, 9.17) is 40.9 Å². The monoisotopic (exact) mass is 583 g/mol. The second-order valence-corrected chi connectivity index (χ2v) is 10.8. The molecule has 3 aliphatic heterocycles. The molecule has 0 bridgehead atoms. The lowest BCUT2D eigenvalue weighted by atomic mass is 9.85. The third-order valence-electron chi connectivity index (χ3n) is 7.41. The van der Waals surface area contributed by atoms with Gasteiger partial charge in [-0.2, -0.15) is 0 Å². The highest BCUT2D eigenvalue weighted by atomic mass is 32.1. The SMILES string of the molecule is N[C@H]1[C@@H](OC2[C@@H](CO)O[C@@H](OC3[C@@H](CO)O[C@@H](O)[C@H](N)[C@H]3O)[C@H](N)[C@H]2O)O[C@@](CO)(c2cccs2)[C@@H](O)[C@@H]1O. The lowest BCUT2D eigenvalue weighted by molar-refractivity contribution is -0.362. The molecular formula is C22H37N3O13S. The average molecular weight is 584 g/mol. The van der Waals surface area contributed by atoms with Crippen LogP contribution in [0.1, 0.15) is 4.88 Å². The van der Waals surface area contributed by atoms with E-state index in [9.17, 15) is 40.9 Å². The zero-order chi connectivity index (χ0) is 28.6. The largest absolute Gasteiger partial charge is 0.394 e. The van der Waals surface area contributed by atoms with Crippen LogP contribution in [-0.4, -0.2) is 147 Å². The third kappa shape index (κ3) is 5.62. The Balaban J connectivity index is 1.52. The minimum atomic E-state index is -1.79. The molecule has 3 saturated heterocycles. The first-order valence-electron chi connectivity index (χ1n) is 12.3. The lowest BCUT2D eigenvalue weighted by Gasteiger charge is -2.51. The second-order valence-electron chi connectivity index (χ2n) is 9.83. The van der Waals surface area contributed by atoms with Gasteiger partial charge in [-0.05, 0) is 11.4 Å². The van der Waals surface area contributed by atoms with Crippen LogP contribution in [-0.2, 0) is 29.3 Å². The molecule has 3 fully saturated rings. The quantitative estimate of drug-likeness (QED) is 0.136. The molecule has 16 nitrogen and oxygen atoms in total. The Morgan fingerprint density at radius 2 is 1.36 bits per heavy atom. The summed E-state index contributed by atoms with van der Waals surface area (Å²) in [7, 11) is 0. The first kappa shape index (κ1) is 31.0. The molecule has 4 heterocycles.